The lowest BCUT2D eigenvalue weighted by Gasteiger charge is -2.10. The second-order valence-corrected chi connectivity index (χ2v) is 5.25. The molecule has 0 saturated heterocycles. The highest BCUT2D eigenvalue weighted by Gasteiger charge is 2.08. The highest BCUT2D eigenvalue weighted by Crippen LogP contribution is 2.20. The molecule has 0 aliphatic carbocycles. The Kier molecular flexibility index (Phi) is 5.98. The number of anilines is 1. The van der Waals surface area contributed by atoms with Crippen molar-refractivity contribution in [1.29, 1.82) is 0 Å². The van der Waals surface area contributed by atoms with Gasteiger partial charge >= 0.3 is 0 Å². The third-order valence-electron chi connectivity index (χ3n) is 2.54. The van der Waals surface area contributed by atoms with Gasteiger partial charge in [-0.2, -0.15) is 0 Å². The van der Waals surface area contributed by atoms with Gasteiger partial charge in [0.05, 0.1) is 6.04 Å². The first kappa shape index (κ1) is 15.7. The zero-order valence-electron chi connectivity index (χ0n) is 11.0. The van der Waals surface area contributed by atoms with Gasteiger partial charge in [0.15, 0.2) is 0 Å². The van der Waals surface area contributed by atoms with Crippen molar-refractivity contribution in [3.05, 3.63) is 28.2 Å². The second-order valence-electron chi connectivity index (χ2n) is 4.34. The van der Waals surface area contributed by atoms with Crippen LogP contribution in [-0.4, -0.2) is 24.4 Å². The zero-order chi connectivity index (χ0) is 14.4. The lowest BCUT2D eigenvalue weighted by atomic mass is 10.2. The van der Waals surface area contributed by atoms with E-state index < -0.39 is 6.04 Å². The number of nitrogens with two attached hydrogens (primary N) is 1. The van der Waals surface area contributed by atoms with Gasteiger partial charge in [-0.15, -0.1) is 0 Å². The van der Waals surface area contributed by atoms with E-state index in [4.69, 9.17) is 5.73 Å². The van der Waals surface area contributed by atoms with Crippen molar-refractivity contribution in [2.75, 3.05) is 11.9 Å². The summed E-state index contributed by atoms with van der Waals surface area (Å²) in [5, 5.41) is 5.39. The van der Waals surface area contributed by atoms with E-state index in [-0.39, 0.29) is 24.8 Å². The molecule has 104 valence electrons. The Morgan fingerprint density at radius 3 is 2.74 bits per heavy atom. The Balaban J connectivity index is 2.43. The lowest BCUT2D eigenvalue weighted by Crippen LogP contribution is -2.39. The van der Waals surface area contributed by atoms with E-state index >= 15 is 0 Å². The number of aryl methyl sites for hydroxylation is 1. The molecule has 0 saturated carbocycles. The molecule has 0 radical (unpaired) electrons. The summed E-state index contributed by atoms with van der Waals surface area (Å²) in [6.07, 6.45) is 0.213. The van der Waals surface area contributed by atoms with Crippen LogP contribution in [0.4, 0.5) is 5.69 Å². The van der Waals surface area contributed by atoms with Gasteiger partial charge in [0.2, 0.25) is 11.8 Å². The maximum absolute atomic E-state index is 11.7. The first-order chi connectivity index (χ1) is 8.90. The minimum Gasteiger partial charge on any atom is -0.354 e. The van der Waals surface area contributed by atoms with Crippen LogP contribution in [0.25, 0.3) is 0 Å². The number of carbonyl (C=O) groups excluding carboxylic acids is 2. The average Bonchev–Trinajstić information content (AvgIpc) is 2.33. The number of nitrogens with one attached hydrogen (secondary N) is 2. The molecule has 4 N–H and O–H groups in total. The summed E-state index contributed by atoms with van der Waals surface area (Å²) in [5.41, 5.74) is 7.14. The molecule has 0 bridgehead atoms. The van der Waals surface area contributed by atoms with E-state index in [0.717, 1.165) is 15.7 Å². The Labute approximate surface area is 121 Å². The Bertz CT molecular complexity index is 475. The standard InChI is InChI=1S/C13H18BrN3O2/c1-8-3-4-10(14)7-11(8)17-12(18)5-6-16-13(19)9(2)15/h3-4,7,9H,5-6,15H2,1-2H3,(H,16,19)(H,17,18)/t9-/m0/s1. The number of benzene rings is 1. The molecule has 0 fully saturated rings. The van der Waals surface area contributed by atoms with E-state index in [1.54, 1.807) is 6.92 Å². The van der Waals surface area contributed by atoms with Gasteiger partial charge in [0, 0.05) is 23.1 Å². The lowest BCUT2D eigenvalue weighted by molar-refractivity contribution is -0.122. The fraction of sp³-hybridized carbons (Fsp3) is 0.385. The maximum atomic E-state index is 11.7. The van der Waals surface area contributed by atoms with Crippen molar-refractivity contribution in [2.24, 2.45) is 5.73 Å². The normalized spacial score (nSPS) is 11.8. The van der Waals surface area contributed by atoms with E-state index in [9.17, 15) is 9.59 Å². The number of hydrogen-bond acceptors (Lipinski definition) is 3. The third kappa shape index (κ3) is 5.40. The number of halogens is 1. The van der Waals surface area contributed by atoms with Gasteiger partial charge in [-0.25, -0.2) is 0 Å². The first-order valence-electron chi connectivity index (χ1n) is 5.99. The molecule has 0 heterocycles. The van der Waals surface area contributed by atoms with Gasteiger partial charge in [-0.05, 0) is 31.5 Å². The summed E-state index contributed by atoms with van der Waals surface area (Å²) in [6, 6.07) is 5.11. The summed E-state index contributed by atoms with van der Waals surface area (Å²) in [7, 11) is 0. The van der Waals surface area contributed by atoms with E-state index in [1.807, 2.05) is 25.1 Å². The summed E-state index contributed by atoms with van der Waals surface area (Å²) in [4.78, 5) is 22.9. The number of hydrogen-bond donors (Lipinski definition) is 3. The van der Waals surface area contributed by atoms with Gasteiger partial charge in [-0.3, -0.25) is 9.59 Å². The minimum atomic E-state index is -0.560. The van der Waals surface area contributed by atoms with Crippen molar-refractivity contribution in [1.82, 2.24) is 5.32 Å². The summed E-state index contributed by atoms with van der Waals surface area (Å²) in [6.45, 7) is 3.79. The van der Waals surface area contributed by atoms with Crippen LogP contribution in [0.15, 0.2) is 22.7 Å². The van der Waals surface area contributed by atoms with Crippen LogP contribution in [0.5, 0.6) is 0 Å². The van der Waals surface area contributed by atoms with Crippen LogP contribution in [-0.2, 0) is 9.59 Å². The van der Waals surface area contributed by atoms with E-state index in [2.05, 4.69) is 26.6 Å². The van der Waals surface area contributed by atoms with Crippen molar-refractivity contribution in [3.63, 3.8) is 0 Å². The predicted octanol–water partition coefficient (Wildman–Crippen LogP) is 1.55. The fourth-order valence-corrected chi connectivity index (χ4v) is 1.76. The number of rotatable bonds is 5. The third-order valence-corrected chi connectivity index (χ3v) is 3.03. The molecule has 0 aliphatic rings. The van der Waals surface area contributed by atoms with Crippen molar-refractivity contribution < 1.29 is 9.59 Å². The molecule has 0 unspecified atom stereocenters. The predicted molar refractivity (Wildman–Crippen MR) is 78.8 cm³/mol. The first-order valence-corrected chi connectivity index (χ1v) is 6.78. The smallest absolute Gasteiger partial charge is 0.236 e. The Morgan fingerprint density at radius 1 is 1.42 bits per heavy atom. The SMILES string of the molecule is Cc1ccc(Br)cc1NC(=O)CCNC(=O)[C@H](C)N. The molecule has 1 aromatic rings. The highest BCUT2D eigenvalue weighted by atomic mass is 79.9. The summed E-state index contributed by atoms with van der Waals surface area (Å²) >= 11 is 3.35. The van der Waals surface area contributed by atoms with Crippen LogP contribution < -0.4 is 16.4 Å². The van der Waals surface area contributed by atoms with Gasteiger partial charge in [-0.1, -0.05) is 22.0 Å². The molecule has 0 aliphatic heterocycles. The highest BCUT2D eigenvalue weighted by molar-refractivity contribution is 9.10. The topological polar surface area (TPSA) is 84.2 Å². The summed E-state index contributed by atoms with van der Waals surface area (Å²) in [5.74, 6) is -0.405. The van der Waals surface area contributed by atoms with Crippen LogP contribution >= 0.6 is 15.9 Å². The summed E-state index contributed by atoms with van der Waals surface area (Å²) < 4.78 is 0.902. The molecule has 0 spiro atoms. The largest absolute Gasteiger partial charge is 0.354 e. The van der Waals surface area contributed by atoms with Crippen LogP contribution in [0.2, 0.25) is 0 Å². The van der Waals surface area contributed by atoms with Gasteiger partial charge in [0.25, 0.3) is 0 Å². The van der Waals surface area contributed by atoms with Gasteiger partial charge < -0.3 is 16.4 Å². The van der Waals surface area contributed by atoms with Gasteiger partial charge in [0.1, 0.15) is 0 Å². The number of carbonyl (C=O) groups is 2. The van der Waals surface area contributed by atoms with Crippen molar-refractivity contribution >= 4 is 33.4 Å². The second kappa shape index (κ2) is 7.25. The Morgan fingerprint density at radius 2 is 2.11 bits per heavy atom. The fourth-order valence-electron chi connectivity index (χ4n) is 1.40. The molecular weight excluding hydrogens is 310 g/mol. The molecule has 6 heteroatoms. The van der Waals surface area contributed by atoms with Crippen LogP contribution in [0, 0.1) is 6.92 Å². The molecule has 2 amide bonds. The maximum Gasteiger partial charge on any atom is 0.236 e. The van der Waals surface area contributed by atoms with Crippen LogP contribution in [0.3, 0.4) is 0 Å². The molecule has 5 nitrogen and oxygen atoms in total. The Hall–Kier alpha value is -1.40. The molecule has 1 rings (SSSR count). The van der Waals surface area contributed by atoms with Crippen LogP contribution in [0.1, 0.15) is 18.9 Å². The molecule has 0 aromatic heterocycles. The number of amides is 2. The molecular formula is C13H18BrN3O2. The average molecular weight is 328 g/mol. The molecule has 19 heavy (non-hydrogen) atoms. The van der Waals surface area contributed by atoms with Crippen molar-refractivity contribution in [2.45, 2.75) is 26.3 Å². The minimum absolute atomic E-state index is 0.147. The van der Waals surface area contributed by atoms with E-state index in [1.165, 1.54) is 0 Å². The quantitative estimate of drug-likeness (QED) is 0.767. The monoisotopic (exact) mass is 327 g/mol. The van der Waals surface area contributed by atoms with E-state index in [0.29, 0.717) is 0 Å². The zero-order valence-corrected chi connectivity index (χ0v) is 12.6. The molecule has 1 aromatic carbocycles. The van der Waals surface area contributed by atoms with Crippen molar-refractivity contribution in [3.8, 4) is 0 Å². The molecule has 1 atom stereocenters.